The molecule has 2 saturated heterocycles. The number of alkyl carbamates (subject to hydrolysis) is 2. The Balaban J connectivity index is 0.884. The fourth-order valence-electron chi connectivity index (χ4n) is 8.77. The topological polar surface area (TPSA) is 175 Å². The molecule has 322 valence electrons. The average Bonchev–Trinajstić information content (AvgIpc) is 4.19. The SMILES string of the molecule is COC(=O)N[C@@H](C(=O)N1CCC[C@H]1c1ncc(-c2ccc(C#Cc3ccc4c(ccc5[nH]c([C@@H]6CCCN6C(=O)[C@H](NC(=O)OC)c6ccccc6)nc54)c3)cc2)[nH]1)c1ccccc1. The summed E-state index contributed by atoms with van der Waals surface area (Å²) < 4.78 is 9.68. The van der Waals surface area contributed by atoms with Crippen LogP contribution in [0.1, 0.15) is 83.8 Å². The maximum atomic E-state index is 14.0. The molecule has 0 spiro atoms. The summed E-state index contributed by atoms with van der Waals surface area (Å²) >= 11 is 0. The van der Waals surface area contributed by atoms with Crippen LogP contribution in [0.25, 0.3) is 33.1 Å². The van der Waals surface area contributed by atoms with Crippen molar-refractivity contribution in [2.75, 3.05) is 27.3 Å². The first-order chi connectivity index (χ1) is 31.3. The number of aromatic amines is 2. The van der Waals surface area contributed by atoms with Crippen molar-refractivity contribution >= 4 is 45.8 Å². The molecule has 4 N–H and O–H groups in total. The van der Waals surface area contributed by atoms with Crippen molar-refractivity contribution < 1.29 is 28.7 Å². The number of methoxy groups -OCH3 is 2. The third kappa shape index (κ3) is 8.48. The van der Waals surface area contributed by atoms with Crippen molar-refractivity contribution in [2.45, 2.75) is 49.9 Å². The maximum absolute atomic E-state index is 14.0. The molecule has 4 atom stereocenters. The number of fused-ring (bicyclic) bond motifs is 3. The number of carbonyl (C=O) groups is 4. The first-order valence-corrected chi connectivity index (χ1v) is 21.3. The minimum absolute atomic E-state index is 0.218. The zero-order valence-electron chi connectivity index (χ0n) is 35.3. The van der Waals surface area contributed by atoms with Gasteiger partial charge in [0.1, 0.15) is 23.7 Å². The molecule has 2 aliphatic heterocycles. The fraction of sp³-hybridized carbons (Fsp3) is 0.240. The number of carbonyl (C=O) groups excluding carboxylic acids is 4. The number of imidazole rings is 2. The Morgan fingerprint density at radius 3 is 1.83 bits per heavy atom. The van der Waals surface area contributed by atoms with Gasteiger partial charge in [-0.05, 0) is 78.1 Å². The summed E-state index contributed by atoms with van der Waals surface area (Å²) in [6.07, 6.45) is 3.53. The number of hydrogen-bond acceptors (Lipinski definition) is 8. The standard InChI is InChI=1S/C50H46N8O6/c1-63-49(61)55-42(34-11-5-3-6-12-34)47(59)57-27-9-15-40(57)45-51-30-39(53-45)33-22-19-31(20-23-33)17-18-32-21-25-37-36(29-32)24-26-38-44(37)54-46(52-38)41-16-10-28-58(41)48(60)43(56-50(62)64-2)35-13-7-4-8-14-35/h3-8,11-14,19-26,29-30,40-43H,9-10,15-16,27-28H2,1-2H3,(H,51,53)(H,52,54)(H,55,61)(H,56,62)/t40-,41-,42+,43+/m0/s1. The fourth-order valence-corrected chi connectivity index (χ4v) is 8.77. The molecule has 0 bridgehead atoms. The molecule has 0 radical (unpaired) electrons. The second kappa shape index (κ2) is 18.2. The van der Waals surface area contributed by atoms with Crippen LogP contribution in [0.2, 0.25) is 0 Å². The van der Waals surface area contributed by atoms with Gasteiger partial charge in [-0.15, -0.1) is 0 Å². The molecule has 14 heteroatoms. The van der Waals surface area contributed by atoms with E-state index >= 15 is 0 Å². The molecule has 9 rings (SSSR count). The van der Waals surface area contributed by atoms with Gasteiger partial charge in [0.25, 0.3) is 11.8 Å². The summed E-state index contributed by atoms with van der Waals surface area (Å²) in [6.45, 7) is 1.09. The van der Waals surface area contributed by atoms with Crippen molar-refractivity contribution in [3.05, 3.63) is 155 Å². The summed E-state index contributed by atoms with van der Waals surface area (Å²) in [5.41, 5.74) is 6.49. The third-order valence-corrected chi connectivity index (χ3v) is 12.0. The molecule has 64 heavy (non-hydrogen) atoms. The number of rotatable bonds is 9. The van der Waals surface area contributed by atoms with Crippen LogP contribution in [0.4, 0.5) is 9.59 Å². The molecule has 5 aromatic carbocycles. The average molecular weight is 855 g/mol. The molecule has 7 aromatic rings. The normalized spacial score (nSPS) is 16.8. The highest BCUT2D eigenvalue weighted by Gasteiger charge is 2.38. The molecule has 2 fully saturated rings. The van der Waals surface area contributed by atoms with Crippen molar-refractivity contribution in [1.29, 1.82) is 0 Å². The van der Waals surface area contributed by atoms with Gasteiger partial charge in [-0.25, -0.2) is 19.6 Å². The van der Waals surface area contributed by atoms with Crippen LogP contribution >= 0.6 is 0 Å². The van der Waals surface area contributed by atoms with Gasteiger partial charge in [0, 0.05) is 29.6 Å². The van der Waals surface area contributed by atoms with Gasteiger partial charge in [0.2, 0.25) is 0 Å². The van der Waals surface area contributed by atoms with Crippen molar-refractivity contribution in [1.82, 2.24) is 40.4 Å². The number of hydrogen-bond donors (Lipinski definition) is 4. The van der Waals surface area contributed by atoms with Crippen LogP contribution in [-0.2, 0) is 19.1 Å². The molecule has 4 amide bonds. The minimum Gasteiger partial charge on any atom is -0.453 e. The Morgan fingerprint density at radius 2 is 1.23 bits per heavy atom. The van der Waals surface area contributed by atoms with E-state index in [1.165, 1.54) is 14.2 Å². The van der Waals surface area contributed by atoms with E-state index in [1.54, 1.807) is 16.0 Å². The molecule has 14 nitrogen and oxygen atoms in total. The van der Waals surface area contributed by atoms with Crippen molar-refractivity contribution in [3.8, 4) is 23.1 Å². The minimum atomic E-state index is -0.894. The number of aromatic nitrogens is 4. The van der Waals surface area contributed by atoms with Crippen LogP contribution < -0.4 is 10.6 Å². The van der Waals surface area contributed by atoms with Crippen LogP contribution in [0.5, 0.6) is 0 Å². The van der Waals surface area contributed by atoms with E-state index in [1.807, 2.05) is 109 Å². The van der Waals surface area contributed by atoms with Gasteiger partial charge in [-0.1, -0.05) is 96.8 Å². The van der Waals surface area contributed by atoms with E-state index in [4.69, 9.17) is 19.4 Å². The van der Waals surface area contributed by atoms with E-state index < -0.39 is 24.3 Å². The number of likely N-dealkylation sites (tertiary alicyclic amines) is 2. The third-order valence-electron chi connectivity index (χ3n) is 12.0. The maximum Gasteiger partial charge on any atom is 0.407 e. The number of amides is 4. The van der Waals surface area contributed by atoms with Crippen LogP contribution in [0, 0.1) is 11.8 Å². The Kier molecular flexibility index (Phi) is 11.8. The Bertz CT molecular complexity index is 2900. The summed E-state index contributed by atoms with van der Waals surface area (Å²) in [5, 5.41) is 7.40. The first kappa shape index (κ1) is 41.4. The predicted molar refractivity (Wildman–Crippen MR) is 240 cm³/mol. The summed E-state index contributed by atoms with van der Waals surface area (Å²) in [4.78, 5) is 72.7. The second-order valence-corrected chi connectivity index (χ2v) is 15.9. The second-order valence-electron chi connectivity index (χ2n) is 15.9. The van der Waals surface area contributed by atoms with E-state index in [0.29, 0.717) is 35.9 Å². The zero-order valence-corrected chi connectivity index (χ0v) is 35.3. The van der Waals surface area contributed by atoms with Gasteiger partial charge in [-0.2, -0.15) is 0 Å². The van der Waals surface area contributed by atoms with E-state index in [0.717, 1.165) is 69.9 Å². The van der Waals surface area contributed by atoms with Gasteiger partial charge in [-0.3, -0.25) is 9.59 Å². The number of nitrogens with zero attached hydrogens (tertiary/aromatic N) is 4. The molecule has 2 aliphatic rings. The monoisotopic (exact) mass is 854 g/mol. The van der Waals surface area contributed by atoms with Crippen molar-refractivity contribution in [2.24, 2.45) is 0 Å². The quantitative estimate of drug-likeness (QED) is 0.106. The van der Waals surface area contributed by atoms with Gasteiger partial charge in [0.15, 0.2) is 0 Å². The molecule has 0 aliphatic carbocycles. The lowest BCUT2D eigenvalue weighted by Gasteiger charge is -2.28. The van der Waals surface area contributed by atoms with Crippen LogP contribution in [-0.4, -0.2) is 81.0 Å². The molecular formula is C50H46N8O6. The summed E-state index contributed by atoms with van der Waals surface area (Å²) in [7, 11) is 2.56. The number of nitrogens with one attached hydrogen (secondary N) is 4. The Hall–Kier alpha value is -7.92. The van der Waals surface area contributed by atoms with E-state index in [9.17, 15) is 19.2 Å². The number of H-pyrrole nitrogens is 2. The zero-order chi connectivity index (χ0) is 44.2. The Labute approximate surface area is 369 Å². The highest BCUT2D eigenvalue weighted by molar-refractivity contribution is 6.04. The summed E-state index contributed by atoms with van der Waals surface area (Å²) in [5.74, 6) is 7.55. The molecule has 0 saturated carbocycles. The molecule has 4 heterocycles. The smallest absolute Gasteiger partial charge is 0.407 e. The largest absolute Gasteiger partial charge is 0.453 e. The highest BCUT2D eigenvalue weighted by atomic mass is 16.5. The van der Waals surface area contributed by atoms with E-state index in [-0.39, 0.29) is 23.9 Å². The van der Waals surface area contributed by atoms with E-state index in [2.05, 4.69) is 38.5 Å². The van der Waals surface area contributed by atoms with Gasteiger partial charge in [0.05, 0.1) is 49.2 Å². The first-order valence-electron chi connectivity index (χ1n) is 21.3. The summed E-state index contributed by atoms with van der Waals surface area (Å²) in [6, 6.07) is 34.0. The molecule has 2 aromatic heterocycles. The van der Waals surface area contributed by atoms with Gasteiger partial charge >= 0.3 is 12.2 Å². The number of ether oxygens (including phenoxy) is 2. The molecular weight excluding hydrogens is 809 g/mol. The molecule has 0 unspecified atom stereocenters. The van der Waals surface area contributed by atoms with Crippen molar-refractivity contribution in [3.63, 3.8) is 0 Å². The number of benzene rings is 5. The highest BCUT2D eigenvalue weighted by Crippen LogP contribution is 2.36. The lowest BCUT2D eigenvalue weighted by molar-refractivity contribution is -0.135. The lowest BCUT2D eigenvalue weighted by Crippen LogP contribution is -2.42. The van der Waals surface area contributed by atoms with Crippen LogP contribution in [0.15, 0.2) is 121 Å². The predicted octanol–water partition coefficient (Wildman–Crippen LogP) is 8.03. The Morgan fingerprint density at radius 1 is 0.672 bits per heavy atom. The lowest BCUT2D eigenvalue weighted by atomic mass is 10.0. The van der Waals surface area contributed by atoms with Crippen LogP contribution in [0.3, 0.4) is 0 Å². The van der Waals surface area contributed by atoms with Gasteiger partial charge < -0.3 is 39.9 Å².